The number of benzene rings is 2. The Morgan fingerprint density at radius 3 is 2.40 bits per heavy atom. The molecule has 2 nitrogen and oxygen atoms in total. The van der Waals surface area contributed by atoms with Gasteiger partial charge < -0.3 is 0 Å². The fourth-order valence-electron chi connectivity index (χ4n) is 3.57. The van der Waals surface area contributed by atoms with Crippen LogP contribution in [0, 0.1) is 26.2 Å². The summed E-state index contributed by atoms with van der Waals surface area (Å²) in [5.74, 6) is 0. The second-order valence-electron chi connectivity index (χ2n) is 8.52. The van der Waals surface area contributed by atoms with Crippen LogP contribution in [0.1, 0.15) is 43.0 Å². The Hall–Kier alpha value is -2.22. The van der Waals surface area contributed by atoms with Gasteiger partial charge in [0, 0.05) is 6.07 Å². The minimum atomic E-state index is 0.279. The van der Waals surface area contributed by atoms with Gasteiger partial charge in [-0.25, -0.2) is 4.98 Å². The first-order valence-electron chi connectivity index (χ1n) is 9.01. The third-order valence-electron chi connectivity index (χ3n) is 4.91. The van der Waals surface area contributed by atoms with Gasteiger partial charge >= 0.3 is 0 Å². The van der Waals surface area contributed by atoms with Gasteiger partial charge in [-0.2, -0.15) is 4.57 Å². The molecule has 0 atom stereocenters. The first-order chi connectivity index (χ1) is 11.7. The van der Waals surface area contributed by atoms with Crippen LogP contribution in [0.2, 0.25) is 0 Å². The third-order valence-corrected chi connectivity index (χ3v) is 4.91. The van der Waals surface area contributed by atoms with Gasteiger partial charge in [0.05, 0.1) is 5.56 Å². The summed E-state index contributed by atoms with van der Waals surface area (Å²) >= 11 is 0. The van der Waals surface area contributed by atoms with Crippen LogP contribution in [-0.2, 0) is 13.5 Å². The number of rotatable bonds is 2. The number of fused-ring (bicyclic) bond motifs is 1. The number of aryl methyl sites for hydroxylation is 3. The summed E-state index contributed by atoms with van der Waals surface area (Å²) in [5, 5.41) is 0. The van der Waals surface area contributed by atoms with E-state index in [-0.39, 0.29) is 5.41 Å². The smallest absolute Gasteiger partial charge is 0.231 e. The standard InChI is InChI=1S/C23H29N2/c1-15-10-16(2)17(3)19(11-15)22-14-24-20-9-8-18(13-23(4,5)6)12-21(20)25(22)7/h8-12,14H,13H2,1-7H3/q+1. The van der Waals surface area contributed by atoms with Crippen molar-refractivity contribution >= 4 is 11.0 Å². The Kier molecular flexibility index (Phi) is 4.40. The zero-order valence-electron chi connectivity index (χ0n) is 16.6. The Bertz CT molecular complexity index is 946. The van der Waals surface area contributed by atoms with Crippen molar-refractivity contribution < 1.29 is 4.57 Å². The van der Waals surface area contributed by atoms with Gasteiger partial charge in [0.25, 0.3) is 0 Å². The highest BCUT2D eigenvalue weighted by Crippen LogP contribution is 2.26. The van der Waals surface area contributed by atoms with Crippen molar-refractivity contribution in [1.82, 2.24) is 4.98 Å². The van der Waals surface area contributed by atoms with Crippen molar-refractivity contribution in [3.8, 4) is 11.3 Å². The number of nitrogens with zero attached hydrogens (tertiary/aromatic N) is 2. The second-order valence-corrected chi connectivity index (χ2v) is 8.52. The van der Waals surface area contributed by atoms with Crippen LogP contribution in [0.25, 0.3) is 22.3 Å². The van der Waals surface area contributed by atoms with Crippen LogP contribution in [0.15, 0.2) is 36.5 Å². The van der Waals surface area contributed by atoms with Crippen LogP contribution in [-0.4, -0.2) is 4.98 Å². The molecule has 0 saturated heterocycles. The summed E-state index contributed by atoms with van der Waals surface area (Å²) in [6.07, 6.45) is 3.07. The Morgan fingerprint density at radius 2 is 1.72 bits per heavy atom. The van der Waals surface area contributed by atoms with Crippen molar-refractivity contribution in [1.29, 1.82) is 0 Å². The van der Waals surface area contributed by atoms with Crippen molar-refractivity contribution in [3.05, 3.63) is 58.8 Å². The lowest BCUT2D eigenvalue weighted by Gasteiger charge is -2.18. The molecule has 0 aliphatic heterocycles. The molecule has 2 heteroatoms. The maximum Gasteiger partial charge on any atom is 0.231 e. The monoisotopic (exact) mass is 333 g/mol. The predicted molar refractivity (Wildman–Crippen MR) is 106 cm³/mol. The molecule has 0 fully saturated rings. The highest BCUT2D eigenvalue weighted by molar-refractivity contribution is 5.74. The van der Waals surface area contributed by atoms with Gasteiger partial charge in [0.15, 0.2) is 0 Å². The SMILES string of the molecule is Cc1cc(C)c(C)c(-c2cnc3ccc(CC(C)(C)C)cc3[n+]2C)c1. The third kappa shape index (κ3) is 3.58. The largest absolute Gasteiger partial charge is 0.243 e. The minimum absolute atomic E-state index is 0.279. The van der Waals surface area contributed by atoms with Gasteiger partial charge in [-0.15, -0.1) is 0 Å². The molecule has 2 aromatic carbocycles. The molecule has 3 rings (SSSR count). The van der Waals surface area contributed by atoms with Crippen molar-refractivity contribution in [2.24, 2.45) is 12.5 Å². The predicted octanol–water partition coefficient (Wildman–Crippen LogP) is 5.24. The average Bonchev–Trinajstić information content (AvgIpc) is 2.50. The first kappa shape index (κ1) is 17.6. The van der Waals surface area contributed by atoms with Gasteiger partial charge in [-0.3, -0.25) is 0 Å². The lowest BCUT2D eigenvalue weighted by molar-refractivity contribution is -0.634. The molecule has 3 aromatic rings. The molecule has 0 aliphatic carbocycles. The molecule has 1 aromatic heterocycles. The lowest BCUT2D eigenvalue weighted by Crippen LogP contribution is -2.33. The summed E-state index contributed by atoms with van der Waals surface area (Å²) in [5.41, 5.74) is 10.3. The van der Waals surface area contributed by atoms with Crippen LogP contribution in [0.5, 0.6) is 0 Å². The zero-order chi connectivity index (χ0) is 18.4. The van der Waals surface area contributed by atoms with Crippen LogP contribution in [0.3, 0.4) is 0 Å². The Balaban J connectivity index is 2.20. The normalized spacial score (nSPS) is 12.0. The summed E-state index contributed by atoms with van der Waals surface area (Å²) in [4.78, 5) is 4.74. The molecule has 0 amide bonds. The Labute approximate surface area is 151 Å². The maximum atomic E-state index is 4.74. The maximum absolute atomic E-state index is 4.74. The van der Waals surface area contributed by atoms with E-state index in [1.54, 1.807) is 0 Å². The molecule has 0 aliphatic rings. The molecule has 1 heterocycles. The van der Waals surface area contributed by atoms with E-state index in [1.165, 1.54) is 39.0 Å². The summed E-state index contributed by atoms with van der Waals surface area (Å²) < 4.78 is 2.29. The lowest BCUT2D eigenvalue weighted by atomic mass is 9.88. The van der Waals surface area contributed by atoms with E-state index in [9.17, 15) is 0 Å². The molecule has 0 unspecified atom stereocenters. The van der Waals surface area contributed by atoms with E-state index in [2.05, 4.69) is 83.5 Å². The fourth-order valence-corrected chi connectivity index (χ4v) is 3.57. The first-order valence-corrected chi connectivity index (χ1v) is 9.01. The van der Waals surface area contributed by atoms with E-state index >= 15 is 0 Å². The molecule has 0 saturated carbocycles. The van der Waals surface area contributed by atoms with E-state index in [0.29, 0.717) is 0 Å². The van der Waals surface area contributed by atoms with Crippen molar-refractivity contribution in [2.45, 2.75) is 48.0 Å². The van der Waals surface area contributed by atoms with Gasteiger partial charge in [-0.05, 0) is 61.4 Å². The summed E-state index contributed by atoms with van der Waals surface area (Å²) in [7, 11) is 2.15. The molecule has 130 valence electrons. The molecule has 0 N–H and O–H groups in total. The summed E-state index contributed by atoms with van der Waals surface area (Å²) in [6.45, 7) is 13.4. The highest BCUT2D eigenvalue weighted by atomic mass is 15.0. The van der Waals surface area contributed by atoms with E-state index in [4.69, 9.17) is 4.98 Å². The van der Waals surface area contributed by atoms with Crippen LogP contribution >= 0.6 is 0 Å². The summed E-state index contributed by atoms with van der Waals surface area (Å²) in [6, 6.07) is 11.2. The molecular weight excluding hydrogens is 304 g/mol. The zero-order valence-corrected chi connectivity index (χ0v) is 16.6. The van der Waals surface area contributed by atoms with Gasteiger partial charge in [-0.1, -0.05) is 38.5 Å². The molecule has 0 spiro atoms. The molecule has 0 bridgehead atoms. The van der Waals surface area contributed by atoms with Crippen molar-refractivity contribution in [3.63, 3.8) is 0 Å². The van der Waals surface area contributed by atoms with E-state index in [1.807, 2.05) is 6.20 Å². The molecular formula is C23H29N2+. The van der Waals surface area contributed by atoms with E-state index in [0.717, 1.165) is 11.9 Å². The second kappa shape index (κ2) is 6.25. The minimum Gasteiger partial charge on any atom is -0.243 e. The highest BCUT2D eigenvalue weighted by Gasteiger charge is 2.19. The van der Waals surface area contributed by atoms with Crippen molar-refractivity contribution in [2.75, 3.05) is 0 Å². The number of hydrogen-bond donors (Lipinski definition) is 0. The van der Waals surface area contributed by atoms with E-state index < -0.39 is 0 Å². The topological polar surface area (TPSA) is 16.8 Å². The molecule has 0 radical (unpaired) electrons. The van der Waals surface area contributed by atoms with Crippen LogP contribution in [0.4, 0.5) is 0 Å². The average molecular weight is 333 g/mol. The number of aromatic nitrogens is 2. The van der Waals surface area contributed by atoms with Crippen LogP contribution < -0.4 is 4.57 Å². The quantitative estimate of drug-likeness (QED) is 0.586. The Morgan fingerprint density at radius 1 is 1.00 bits per heavy atom. The van der Waals surface area contributed by atoms with Gasteiger partial charge in [0.2, 0.25) is 11.2 Å². The number of hydrogen-bond acceptors (Lipinski definition) is 1. The van der Waals surface area contributed by atoms with Gasteiger partial charge in [0.1, 0.15) is 18.8 Å². The molecule has 25 heavy (non-hydrogen) atoms. The fraction of sp³-hybridized carbons (Fsp3) is 0.391.